The number of nitrogens with one attached hydrogen (secondary N) is 2. The maximum Gasteiger partial charge on any atom is 0.0362 e. The maximum atomic E-state index is 3.51. The molecule has 0 unspecified atom stereocenters. The van der Waals surface area contributed by atoms with E-state index in [-0.39, 0.29) is 0 Å². The van der Waals surface area contributed by atoms with Crippen LogP contribution in [0, 0.1) is 6.92 Å². The van der Waals surface area contributed by atoms with Crippen molar-refractivity contribution < 1.29 is 0 Å². The summed E-state index contributed by atoms with van der Waals surface area (Å²) < 4.78 is 0. The van der Waals surface area contributed by atoms with Crippen LogP contribution in [0.15, 0.2) is 42.6 Å². The number of rotatable bonds is 4. The van der Waals surface area contributed by atoms with Gasteiger partial charge in [0.15, 0.2) is 0 Å². The molecule has 1 aromatic heterocycles. The molecule has 0 radical (unpaired) electrons. The highest BCUT2D eigenvalue weighted by molar-refractivity contribution is 5.28. The van der Waals surface area contributed by atoms with Crippen LogP contribution in [-0.4, -0.2) is 4.98 Å². The van der Waals surface area contributed by atoms with Crippen LogP contribution in [0.2, 0.25) is 0 Å². The molecule has 1 heterocycles. The van der Waals surface area contributed by atoms with Crippen LogP contribution >= 0.6 is 0 Å². The van der Waals surface area contributed by atoms with Gasteiger partial charge in [-0.2, -0.15) is 0 Å². The monoisotopic (exact) mass is 214 g/mol. The van der Waals surface area contributed by atoms with Gasteiger partial charge in [0.1, 0.15) is 0 Å². The summed E-state index contributed by atoms with van der Waals surface area (Å²) in [5.74, 6) is 0. The van der Waals surface area contributed by atoms with Crippen molar-refractivity contribution in [3.8, 4) is 0 Å². The lowest BCUT2D eigenvalue weighted by Gasteiger charge is -2.16. The largest absolute Gasteiger partial charge is 0.364 e. The quantitative estimate of drug-likeness (QED) is 0.803. The van der Waals surface area contributed by atoms with Crippen LogP contribution < -0.4 is 5.32 Å². The first-order valence-corrected chi connectivity index (χ1v) is 5.68. The molecule has 16 heavy (non-hydrogen) atoms. The van der Waals surface area contributed by atoms with Gasteiger partial charge in [-0.1, -0.05) is 24.3 Å². The van der Waals surface area contributed by atoms with Crippen LogP contribution in [0.5, 0.6) is 0 Å². The first-order valence-electron chi connectivity index (χ1n) is 5.68. The highest BCUT2D eigenvalue weighted by Gasteiger charge is 2.06. The Morgan fingerprint density at radius 3 is 2.69 bits per heavy atom. The molecule has 1 aromatic carbocycles. The summed E-state index contributed by atoms with van der Waals surface area (Å²) in [6.45, 7) is 5.23. The summed E-state index contributed by atoms with van der Waals surface area (Å²) in [5, 5.41) is 3.51. The normalized spacial score (nSPS) is 12.6. The number of aryl methyl sites for hydroxylation is 1. The first-order chi connectivity index (χ1) is 7.77. The van der Waals surface area contributed by atoms with Gasteiger partial charge in [0.25, 0.3) is 0 Å². The standard InChI is InChI=1S/C14H18N2/c1-11-6-3-4-8-14(11)12(2)16-10-13-7-5-9-15-13/h3-9,12,15-16H,10H2,1-2H3/t12-/m1/s1. The van der Waals surface area contributed by atoms with E-state index in [1.54, 1.807) is 0 Å². The topological polar surface area (TPSA) is 27.8 Å². The van der Waals surface area contributed by atoms with E-state index in [0.717, 1.165) is 6.54 Å². The molecule has 84 valence electrons. The van der Waals surface area contributed by atoms with Crippen LogP contribution in [0.1, 0.15) is 29.8 Å². The van der Waals surface area contributed by atoms with Crippen molar-refractivity contribution in [3.05, 3.63) is 59.4 Å². The Morgan fingerprint density at radius 2 is 2.00 bits per heavy atom. The third kappa shape index (κ3) is 2.52. The molecule has 0 aliphatic carbocycles. The predicted molar refractivity (Wildman–Crippen MR) is 67.2 cm³/mol. The Balaban J connectivity index is 1.98. The number of benzene rings is 1. The van der Waals surface area contributed by atoms with Crippen molar-refractivity contribution in [2.45, 2.75) is 26.4 Å². The molecule has 0 fully saturated rings. The van der Waals surface area contributed by atoms with Crippen LogP contribution in [0.3, 0.4) is 0 Å². The van der Waals surface area contributed by atoms with E-state index in [2.05, 4.69) is 54.5 Å². The lowest BCUT2D eigenvalue weighted by atomic mass is 10.0. The lowest BCUT2D eigenvalue weighted by Crippen LogP contribution is -2.18. The molecule has 2 heteroatoms. The molecule has 2 nitrogen and oxygen atoms in total. The molecular formula is C14H18N2. The third-order valence-electron chi connectivity index (χ3n) is 2.92. The fraction of sp³-hybridized carbons (Fsp3) is 0.286. The minimum atomic E-state index is 0.379. The number of H-pyrrole nitrogens is 1. The summed E-state index contributed by atoms with van der Waals surface area (Å²) in [5.41, 5.74) is 3.93. The molecule has 0 spiro atoms. The van der Waals surface area contributed by atoms with Gasteiger partial charge in [-0.05, 0) is 37.1 Å². The van der Waals surface area contributed by atoms with Crippen LogP contribution in [0.25, 0.3) is 0 Å². The molecule has 1 atom stereocenters. The molecule has 0 bridgehead atoms. The molecule has 2 N–H and O–H groups in total. The van der Waals surface area contributed by atoms with Crippen molar-refractivity contribution in [1.29, 1.82) is 0 Å². The Bertz CT molecular complexity index is 432. The van der Waals surface area contributed by atoms with Gasteiger partial charge in [0.05, 0.1) is 0 Å². The predicted octanol–water partition coefficient (Wildman–Crippen LogP) is 3.17. The summed E-state index contributed by atoms with van der Waals surface area (Å²) >= 11 is 0. The second-order valence-electron chi connectivity index (χ2n) is 4.15. The lowest BCUT2D eigenvalue weighted by molar-refractivity contribution is 0.567. The zero-order valence-electron chi connectivity index (χ0n) is 9.83. The van der Waals surface area contributed by atoms with E-state index in [4.69, 9.17) is 0 Å². The van der Waals surface area contributed by atoms with E-state index >= 15 is 0 Å². The number of hydrogen-bond donors (Lipinski definition) is 2. The number of aromatic amines is 1. The molecule has 0 aliphatic heterocycles. The highest BCUT2D eigenvalue weighted by atomic mass is 14.9. The zero-order valence-corrected chi connectivity index (χ0v) is 9.83. The van der Waals surface area contributed by atoms with Gasteiger partial charge in [-0.25, -0.2) is 0 Å². The average Bonchev–Trinajstić information content (AvgIpc) is 2.79. The van der Waals surface area contributed by atoms with Crippen LogP contribution in [-0.2, 0) is 6.54 Å². The molecule has 0 amide bonds. The van der Waals surface area contributed by atoms with Gasteiger partial charge < -0.3 is 10.3 Å². The first kappa shape index (κ1) is 11.0. The zero-order chi connectivity index (χ0) is 11.4. The molecule has 0 saturated carbocycles. The van der Waals surface area contributed by atoms with E-state index in [0.29, 0.717) is 6.04 Å². The number of hydrogen-bond acceptors (Lipinski definition) is 1. The maximum absolute atomic E-state index is 3.51. The summed E-state index contributed by atoms with van der Waals surface area (Å²) in [6.07, 6.45) is 1.95. The van der Waals surface area contributed by atoms with Crippen molar-refractivity contribution in [3.63, 3.8) is 0 Å². The smallest absolute Gasteiger partial charge is 0.0362 e. The van der Waals surface area contributed by atoms with Gasteiger partial charge in [0.2, 0.25) is 0 Å². The third-order valence-corrected chi connectivity index (χ3v) is 2.92. The van der Waals surface area contributed by atoms with Crippen molar-refractivity contribution >= 4 is 0 Å². The Labute approximate surface area is 96.7 Å². The molecule has 0 aliphatic rings. The highest BCUT2D eigenvalue weighted by Crippen LogP contribution is 2.16. The fourth-order valence-electron chi connectivity index (χ4n) is 1.92. The fourth-order valence-corrected chi connectivity index (χ4v) is 1.92. The average molecular weight is 214 g/mol. The van der Waals surface area contributed by atoms with Crippen molar-refractivity contribution in [2.75, 3.05) is 0 Å². The van der Waals surface area contributed by atoms with E-state index < -0.39 is 0 Å². The van der Waals surface area contributed by atoms with E-state index in [1.165, 1.54) is 16.8 Å². The number of aromatic nitrogens is 1. The van der Waals surface area contributed by atoms with Crippen molar-refractivity contribution in [1.82, 2.24) is 10.3 Å². The Hall–Kier alpha value is -1.54. The van der Waals surface area contributed by atoms with Crippen molar-refractivity contribution in [2.24, 2.45) is 0 Å². The molecule has 0 saturated heterocycles. The Kier molecular flexibility index (Phi) is 3.42. The van der Waals surface area contributed by atoms with Gasteiger partial charge in [-0.15, -0.1) is 0 Å². The van der Waals surface area contributed by atoms with E-state index in [9.17, 15) is 0 Å². The Morgan fingerprint density at radius 1 is 1.19 bits per heavy atom. The summed E-state index contributed by atoms with van der Waals surface area (Å²) in [7, 11) is 0. The summed E-state index contributed by atoms with van der Waals surface area (Å²) in [6, 6.07) is 13.0. The van der Waals surface area contributed by atoms with Gasteiger partial charge >= 0.3 is 0 Å². The molecule has 2 aromatic rings. The SMILES string of the molecule is Cc1ccccc1[C@@H](C)NCc1ccc[nH]1. The molecular weight excluding hydrogens is 196 g/mol. The van der Waals surface area contributed by atoms with Gasteiger partial charge in [-0.3, -0.25) is 0 Å². The second-order valence-corrected chi connectivity index (χ2v) is 4.15. The van der Waals surface area contributed by atoms with Gasteiger partial charge in [0, 0.05) is 24.5 Å². The second kappa shape index (κ2) is 4.99. The van der Waals surface area contributed by atoms with E-state index in [1.807, 2.05) is 12.3 Å². The van der Waals surface area contributed by atoms with Crippen LogP contribution in [0.4, 0.5) is 0 Å². The minimum absolute atomic E-state index is 0.379. The molecule has 2 rings (SSSR count). The minimum Gasteiger partial charge on any atom is -0.364 e. The summed E-state index contributed by atoms with van der Waals surface area (Å²) in [4.78, 5) is 3.20.